The Labute approximate surface area is 139 Å². The molecule has 0 amide bonds. The number of carbonyl (C=O) groups is 2. The van der Waals surface area contributed by atoms with Gasteiger partial charge < -0.3 is 5.11 Å². The second-order valence-electron chi connectivity index (χ2n) is 9.21. The van der Waals surface area contributed by atoms with Crippen LogP contribution >= 0.6 is 0 Å². The van der Waals surface area contributed by atoms with Gasteiger partial charge in [-0.3, -0.25) is 9.59 Å². The third-order valence-corrected chi connectivity index (χ3v) is 6.83. The zero-order valence-corrected chi connectivity index (χ0v) is 14.9. The molecule has 2 saturated carbocycles. The number of hydrogen-bond donors (Lipinski definition) is 1. The highest BCUT2D eigenvalue weighted by Crippen LogP contribution is 2.59. The molecule has 3 nitrogen and oxygen atoms in total. The van der Waals surface area contributed by atoms with Gasteiger partial charge in [0.25, 0.3) is 0 Å². The number of fused-ring (bicyclic) bond motifs is 1. The van der Waals surface area contributed by atoms with Crippen molar-refractivity contribution in [2.45, 2.75) is 78.2 Å². The number of allylic oxidation sites excluding steroid dienone is 2. The number of ketones is 2. The third kappa shape index (κ3) is 2.61. The molecule has 0 radical (unpaired) electrons. The van der Waals surface area contributed by atoms with Crippen LogP contribution in [0.1, 0.15) is 72.6 Å². The van der Waals surface area contributed by atoms with Crippen molar-refractivity contribution in [1.29, 1.82) is 0 Å². The maximum Gasteiger partial charge on any atom is 0.162 e. The summed E-state index contributed by atoms with van der Waals surface area (Å²) in [6.45, 7) is 8.40. The fourth-order valence-electron chi connectivity index (χ4n) is 5.61. The number of rotatable bonds is 1. The number of carbonyl (C=O) groups excluding carboxylic acids is 2. The van der Waals surface area contributed by atoms with Crippen molar-refractivity contribution < 1.29 is 14.7 Å². The summed E-state index contributed by atoms with van der Waals surface area (Å²) in [6, 6.07) is 0. The molecule has 3 rings (SSSR count). The van der Waals surface area contributed by atoms with Gasteiger partial charge in [0.05, 0.1) is 5.60 Å². The number of hydrogen-bond acceptors (Lipinski definition) is 3. The molecule has 0 aromatic rings. The fourth-order valence-corrected chi connectivity index (χ4v) is 5.61. The highest BCUT2D eigenvalue weighted by molar-refractivity contribution is 6.11. The predicted octanol–water partition coefficient (Wildman–Crippen LogP) is 3.84. The summed E-state index contributed by atoms with van der Waals surface area (Å²) in [7, 11) is 0. The normalized spacial score (nSPS) is 40.3. The first kappa shape index (κ1) is 16.9. The second kappa shape index (κ2) is 5.27. The molecule has 0 aromatic heterocycles. The first-order chi connectivity index (χ1) is 10.6. The van der Waals surface area contributed by atoms with Crippen molar-refractivity contribution in [1.82, 2.24) is 0 Å². The van der Waals surface area contributed by atoms with E-state index in [1.807, 2.05) is 13.8 Å². The summed E-state index contributed by atoms with van der Waals surface area (Å²) in [4.78, 5) is 25.4. The van der Waals surface area contributed by atoms with Crippen LogP contribution in [0.4, 0.5) is 0 Å². The van der Waals surface area contributed by atoms with Crippen molar-refractivity contribution in [3.63, 3.8) is 0 Å². The van der Waals surface area contributed by atoms with Gasteiger partial charge in [-0.2, -0.15) is 0 Å². The molecule has 0 unspecified atom stereocenters. The van der Waals surface area contributed by atoms with Gasteiger partial charge in [-0.25, -0.2) is 0 Å². The Balaban J connectivity index is 1.92. The van der Waals surface area contributed by atoms with Crippen LogP contribution in [-0.2, 0) is 9.59 Å². The molecule has 3 aliphatic carbocycles. The number of aliphatic hydroxyl groups is 1. The topological polar surface area (TPSA) is 54.4 Å². The molecule has 0 aromatic carbocycles. The first-order valence-corrected chi connectivity index (χ1v) is 9.11. The van der Waals surface area contributed by atoms with Crippen LogP contribution in [0.25, 0.3) is 0 Å². The van der Waals surface area contributed by atoms with Crippen LogP contribution in [0.15, 0.2) is 11.6 Å². The van der Waals surface area contributed by atoms with E-state index in [0.29, 0.717) is 18.4 Å². The molecule has 0 bridgehead atoms. The van der Waals surface area contributed by atoms with Crippen LogP contribution < -0.4 is 0 Å². The van der Waals surface area contributed by atoms with Crippen molar-refractivity contribution in [2.75, 3.05) is 0 Å². The van der Waals surface area contributed by atoms with Gasteiger partial charge in [-0.05, 0) is 55.4 Å². The molecule has 23 heavy (non-hydrogen) atoms. The Bertz CT molecular complexity index is 571. The summed E-state index contributed by atoms with van der Waals surface area (Å²) in [5.41, 5.74) is -0.638. The smallest absolute Gasteiger partial charge is 0.162 e. The Morgan fingerprint density at radius 2 is 1.87 bits per heavy atom. The monoisotopic (exact) mass is 318 g/mol. The minimum atomic E-state index is -0.779. The van der Waals surface area contributed by atoms with Crippen LogP contribution in [0.5, 0.6) is 0 Å². The summed E-state index contributed by atoms with van der Waals surface area (Å²) in [5, 5.41) is 11.3. The molecular formula is C20H30O3. The van der Waals surface area contributed by atoms with E-state index in [-0.39, 0.29) is 28.8 Å². The summed E-state index contributed by atoms with van der Waals surface area (Å²) >= 11 is 0. The van der Waals surface area contributed by atoms with Crippen LogP contribution in [0.2, 0.25) is 0 Å². The quantitative estimate of drug-likeness (QED) is 0.799. The lowest BCUT2D eigenvalue weighted by molar-refractivity contribution is -0.169. The molecule has 2 fully saturated rings. The first-order valence-electron chi connectivity index (χ1n) is 9.11. The SMILES string of the molecule is CC(C)C1=CC(=O)[C@]2(CC[C@H]3C(C)(C)CCC[C@]3(O)C2)CC1=O. The maximum atomic E-state index is 12.9. The molecule has 0 aliphatic heterocycles. The average molecular weight is 318 g/mol. The number of Topliss-reactive ketones (excluding diaryl/α,β-unsaturated/α-hetero) is 1. The lowest BCUT2D eigenvalue weighted by Crippen LogP contribution is -2.57. The molecule has 3 aliphatic rings. The van der Waals surface area contributed by atoms with E-state index in [1.54, 1.807) is 6.08 Å². The predicted molar refractivity (Wildman–Crippen MR) is 89.9 cm³/mol. The Kier molecular flexibility index (Phi) is 3.87. The fraction of sp³-hybridized carbons (Fsp3) is 0.800. The van der Waals surface area contributed by atoms with Gasteiger partial charge in [0.2, 0.25) is 0 Å². The molecule has 1 N–H and O–H groups in total. The second-order valence-corrected chi connectivity index (χ2v) is 9.21. The van der Waals surface area contributed by atoms with E-state index < -0.39 is 11.0 Å². The molecule has 0 heterocycles. The Hall–Kier alpha value is -0.960. The highest BCUT2D eigenvalue weighted by atomic mass is 16.3. The molecule has 3 heteroatoms. The van der Waals surface area contributed by atoms with E-state index in [9.17, 15) is 14.7 Å². The molecule has 0 saturated heterocycles. The van der Waals surface area contributed by atoms with Crippen molar-refractivity contribution >= 4 is 11.6 Å². The third-order valence-electron chi connectivity index (χ3n) is 6.83. The highest BCUT2D eigenvalue weighted by Gasteiger charge is 2.58. The van der Waals surface area contributed by atoms with Crippen LogP contribution in [-0.4, -0.2) is 22.3 Å². The van der Waals surface area contributed by atoms with E-state index >= 15 is 0 Å². The van der Waals surface area contributed by atoms with Gasteiger partial charge in [0.1, 0.15) is 0 Å². The van der Waals surface area contributed by atoms with E-state index in [4.69, 9.17) is 0 Å². The van der Waals surface area contributed by atoms with Gasteiger partial charge in [-0.1, -0.05) is 34.1 Å². The van der Waals surface area contributed by atoms with Gasteiger partial charge in [-0.15, -0.1) is 0 Å². The molecule has 3 atom stereocenters. The van der Waals surface area contributed by atoms with Crippen molar-refractivity contribution in [2.24, 2.45) is 22.7 Å². The van der Waals surface area contributed by atoms with Crippen molar-refractivity contribution in [3.05, 3.63) is 11.6 Å². The summed E-state index contributed by atoms with van der Waals surface area (Å²) in [5.74, 6) is 0.525. The van der Waals surface area contributed by atoms with Gasteiger partial charge >= 0.3 is 0 Å². The lowest BCUT2D eigenvalue weighted by Gasteiger charge is -2.57. The Morgan fingerprint density at radius 1 is 1.17 bits per heavy atom. The summed E-state index contributed by atoms with van der Waals surface area (Å²) < 4.78 is 0. The Morgan fingerprint density at radius 3 is 2.52 bits per heavy atom. The molecule has 128 valence electrons. The van der Waals surface area contributed by atoms with E-state index in [2.05, 4.69) is 13.8 Å². The van der Waals surface area contributed by atoms with Crippen molar-refractivity contribution in [3.8, 4) is 0 Å². The van der Waals surface area contributed by atoms with Gasteiger partial charge in [0, 0.05) is 17.4 Å². The molecular weight excluding hydrogens is 288 g/mol. The zero-order chi connectivity index (χ0) is 17.0. The standard InChI is InChI=1S/C20H30O3/c1-13(2)14-10-17(22)19(11-15(14)21)9-6-16-18(3,4)7-5-8-20(16,23)12-19/h10,13,16,23H,5-9,11-12H2,1-4H3/t16-,19+,20-/m0/s1. The minimum absolute atomic E-state index is 0.0797. The van der Waals surface area contributed by atoms with Gasteiger partial charge in [0.15, 0.2) is 11.6 Å². The maximum absolute atomic E-state index is 12.9. The van der Waals surface area contributed by atoms with E-state index in [1.165, 1.54) is 0 Å². The van der Waals surface area contributed by atoms with E-state index in [0.717, 1.165) is 32.1 Å². The average Bonchev–Trinajstić information content (AvgIpc) is 2.41. The minimum Gasteiger partial charge on any atom is -0.390 e. The summed E-state index contributed by atoms with van der Waals surface area (Å²) in [6.07, 6.45) is 6.87. The zero-order valence-electron chi connectivity index (χ0n) is 14.9. The lowest BCUT2D eigenvalue weighted by atomic mass is 9.49. The van der Waals surface area contributed by atoms with Crippen LogP contribution in [0.3, 0.4) is 0 Å². The van der Waals surface area contributed by atoms with Crippen LogP contribution in [0, 0.1) is 22.7 Å². The largest absolute Gasteiger partial charge is 0.390 e. The molecule has 1 spiro atoms.